The Bertz CT molecular complexity index is 509. The van der Waals surface area contributed by atoms with E-state index in [-0.39, 0.29) is 6.04 Å². The van der Waals surface area contributed by atoms with Crippen molar-refractivity contribution in [1.29, 1.82) is 0 Å². The Labute approximate surface area is 130 Å². The minimum Gasteiger partial charge on any atom is -0.306 e. The third-order valence-corrected chi connectivity index (χ3v) is 3.75. The lowest BCUT2D eigenvalue weighted by Crippen LogP contribution is -2.23. The first-order chi connectivity index (χ1) is 9.20. The van der Waals surface area contributed by atoms with E-state index in [1.165, 1.54) is 11.1 Å². The minimum absolute atomic E-state index is 0.169. The maximum atomic E-state index is 4.22. The van der Waals surface area contributed by atoms with E-state index in [9.17, 15) is 0 Å². The largest absolute Gasteiger partial charge is 0.306 e. The first-order valence-electron chi connectivity index (χ1n) is 6.30. The van der Waals surface area contributed by atoms with Gasteiger partial charge in [0.25, 0.3) is 0 Å². The average Bonchev–Trinajstić information content (AvgIpc) is 2.39. The molecule has 1 N–H and O–H groups in total. The van der Waals surface area contributed by atoms with Gasteiger partial charge < -0.3 is 5.32 Å². The molecule has 2 nitrogen and oxygen atoms in total. The summed E-state index contributed by atoms with van der Waals surface area (Å²) in [4.78, 5) is 4.22. The second kappa shape index (κ2) is 7.17. The Balaban J connectivity index is 2.36. The monoisotopic (exact) mass is 382 g/mol. The van der Waals surface area contributed by atoms with Crippen molar-refractivity contribution >= 4 is 31.9 Å². The van der Waals surface area contributed by atoms with Crippen molar-refractivity contribution in [1.82, 2.24) is 10.3 Å². The van der Waals surface area contributed by atoms with Gasteiger partial charge in [0.2, 0.25) is 0 Å². The van der Waals surface area contributed by atoms with Gasteiger partial charge >= 0.3 is 0 Å². The first kappa shape index (κ1) is 14.7. The van der Waals surface area contributed by atoms with E-state index >= 15 is 0 Å². The zero-order valence-corrected chi connectivity index (χ0v) is 13.9. The first-order valence-corrected chi connectivity index (χ1v) is 7.88. The molecule has 4 heteroatoms. The lowest BCUT2D eigenvalue weighted by Gasteiger charge is -2.20. The number of pyridine rings is 1. The zero-order chi connectivity index (χ0) is 13.7. The molecule has 0 aliphatic carbocycles. The van der Waals surface area contributed by atoms with Gasteiger partial charge in [-0.3, -0.25) is 4.98 Å². The van der Waals surface area contributed by atoms with Crippen LogP contribution in [0.1, 0.15) is 30.5 Å². The van der Waals surface area contributed by atoms with Crippen molar-refractivity contribution in [3.63, 3.8) is 0 Å². The molecule has 100 valence electrons. The minimum atomic E-state index is 0.169. The quantitative estimate of drug-likeness (QED) is 0.809. The third-order valence-electron chi connectivity index (χ3n) is 2.83. The van der Waals surface area contributed by atoms with Crippen LogP contribution < -0.4 is 5.32 Å². The number of benzene rings is 1. The van der Waals surface area contributed by atoms with Crippen molar-refractivity contribution in [2.24, 2.45) is 0 Å². The molecule has 0 bridgehead atoms. The smallest absolute Gasteiger partial charge is 0.0592 e. The van der Waals surface area contributed by atoms with Crippen LogP contribution in [0.15, 0.2) is 51.7 Å². The van der Waals surface area contributed by atoms with Gasteiger partial charge in [-0.25, -0.2) is 0 Å². The van der Waals surface area contributed by atoms with Gasteiger partial charge in [-0.2, -0.15) is 0 Å². The highest BCUT2D eigenvalue weighted by atomic mass is 79.9. The molecule has 0 spiro atoms. The molecule has 0 amide bonds. The lowest BCUT2D eigenvalue weighted by molar-refractivity contribution is 0.596. The number of nitrogens with one attached hydrogen (secondary N) is 1. The summed E-state index contributed by atoms with van der Waals surface area (Å²) in [5.74, 6) is 0. The van der Waals surface area contributed by atoms with E-state index < -0.39 is 0 Å². The van der Waals surface area contributed by atoms with E-state index in [1.54, 1.807) is 6.20 Å². The molecule has 0 fully saturated rings. The number of nitrogens with zero attached hydrogens (tertiary/aromatic N) is 1. The predicted octanol–water partition coefficient (Wildman–Crippen LogP) is 4.70. The molecule has 0 aliphatic rings. The van der Waals surface area contributed by atoms with Gasteiger partial charge in [-0.15, -0.1) is 0 Å². The van der Waals surface area contributed by atoms with E-state index in [4.69, 9.17) is 0 Å². The summed E-state index contributed by atoms with van der Waals surface area (Å²) in [6, 6.07) is 10.6. The Morgan fingerprint density at radius 3 is 2.47 bits per heavy atom. The molecule has 0 radical (unpaired) electrons. The summed E-state index contributed by atoms with van der Waals surface area (Å²) >= 11 is 7.10. The molecule has 1 atom stereocenters. The highest BCUT2D eigenvalue weighted by Gasteiger charge is 2.14. The fourth-order valence-corrected chi connectivity index (χ4v) is 3.33. The highest BCUT2D eigenvalue weighted by molar-refractivity contribution is 9.11. The summed E-state index contributed by atoms with van der Waals surface area (Å²) < 4.78 is 2.15. The molecule has 2 rings (SSSR count). The van der Waals surface area contributed by atoms with Crippen LogP contribution in [0.3, 0.4) is 0 Å². The summed E-state index contributed by atoms with van der Waals surface area (Å²) in [5, 5.41) is 3.57. The Hall–Kier alpha value is -0.710. The van der Waals surface area contributed by atoms with E-state index in [2.05, 4.69) is 67.3 Å². The molecule has 0 saturated carbocycles. The van der Waals surface area contributed by atoms with Crippen molar-refractivity contribution < 1.29 is 0 Å². The van der Waals surface area contributed by atoms with Gasteiger partial charge in [-0.1, -0.05) is 44.8 Å². The van der Waals surface area contributed by atoms with Crippen LogP contribution in [0.2, 0.25) is 0 Å². The molecule has 19 heavy (non-hydrogen) atoms. The molecular weight excluding hydrogens is 368 g/mol. The van der Waals surface area contributed by atoms with Crippen molar-refractivity contribution in [2.75, 3.05) is 6.54 Å². The Kier molecular flexibility index (Phi) is 5.55. The van der Waals surface area contributed by atoms with Gasteiger partial charge in [0.15, 0.2) is 0 Å². The van der Waals surface area contributed by atoms with Crippen LogP contribution in [0, 0.1) is 0 Å². The maximum Gasteiger partial charge on any atom is 0.0592 e. The van der Waals surface area contributed by atoms with Crippen molar-refractivity contribution in [3.8, 4) is 0 Å². The van der Waals surface area contributed by atoms with Crippen LogP contribution >= 0.6 is 31.9 Å². The van der Waals surface area contributed by atoms with Crippen LogP contribution in [-0.4, -0.2) is 11.5 Å². The zero-order valence-electron chi connectivity index (χ0n) is 10.7. The second-order valence-electron chi connectivity index (χ2n) is 4.38. The van der Waals surface area contributed by atoms with Crippen molar-refractivity contribution in [3.05, 3.63) is 62.8 Å². The van der Waals surface area contributed by atoms with Gasteiger partial charge in [0.1, 0.15) is 0 Å². The molecule has 1 heterocycles. The topological polar surface area (TPSA) is 24.9 Å². The van der Waals surface area contributed by atoms with Gasteiger partial charge in [0.05, 0.1) is 6.04 Å². The number of hydrogen-bond acceptors (Lipinski definition) is 2. The number of halogens is 2. The summed E-state index contributed by atoms with van der Waals surface area (Å²) in [6.45, 7) is 3.15. The van der Waals surface area contributed by atoms with Gasteiger partial charge in [0, 0.05) is 21.3 Å². The Morgan fingerprint density at radius 2 is 1.89 bits per heavy atom. The molecule has 1 aromatic heterocycles. The number of hydrogen-bond donors (Lipinski definition) is 1. The predicted molar refractivity (Wildman–Crippen MR) is 86.2 cm³/mol. The van der Waals surface area contributed by atoms with Gasteiger partial charge in [-0.05, 0) is 48.4 Å². The van der Waals surface area contributed by atoms with Crippen LogP contribution in [0.4, 0.5) is 0 Å². The van der Waals surface area contributed by atoms with Crippen LogP contribution in [0.5, 0.6) is 0 Å². The van der Waals surface area contributed by atoms with Crippen molar-refractivity contribution in [2.45, 2.75) is 19.4 Å². The Morgan fingerprint density at radius 1 is 1.16 bits per heavy atom. The molecule has 0 saturated heterocycles. The summed E-state index contributed by atoms with van der Waals surface area (Å²) in [5.41, 5.74) is 2.41. The lowest BCUT2D eigenvalue weighted by atomic mass is 10.0. The highest BCUT2D eigenvalue weighted by Crippen LogP contribution is 2.27. The standard InChI is InChI=1S/C15H16Br2N2/c1-2-5-19-15(11-4-3-6-18-10-11)12-7-13(16)9-14(17)8-12/h3-4,6-10,15,19H,2,5H2,1H3. The van der Waals surface area contributed by atoms with Crippen LogP contribution in [0.25, 0.3) is 0 Å². The SMILES string of the molecule is CCCNC(c1cccnc1)c1cc(Br)cc(Br)c1. The third kappa shape index (κ3) is 4.13. The second-order valence-corrected chi connectivity index (χ2v) is 6.21. The van der Waals surface area contributed by atoms with E-state index in [0.29, 0.717) is 0 Å². The average molecular weight is 384 g/mol. The summed E-state index contributed by atoms with van der Waals surface area (Å²) in [6.07, 6.45) is 4.82. The molecule has 2 aromatic rings. The molecular formula is C15H16Br2N2. The molecule has 1 aromatic carbocycles. The maximum absolute atomic E-state index is 4.22. The number of rotatable bonds is 5. The van der Waals surface area contributed by atoms with E-state index in [1.807, 2.05) is 18.3 Å². The van der Waals surface area contributed by atoms with E-state index in [0.717, 1.165) is 21.9 Å². The normalized spacial score (nSPS) is 12.4. The molecule has 0 aliphatic heterocycles. The molecule has 1 unspecified atom stereocenters. The fraction of sp³-hybridized carbons (Fsp3) is 0.267. The summed E-state index contributed by atoms with van der Waals surface area (Å²) in [7, 11) is 0. The van der Waals surface area contributed by atoms with Crippen LogP contribution in [-0.2, 0) is 0 Å². The number of aromatic nitrogens is 1. The fourth-order valence-electron chi connectivity index (χ4n) is 2.01.